The molecule has 2 rings (SSSR count). The molecule has 1 saturated heterocycles. The van der Waals surface area contributed by atoms with Crippen LogP contribution in [0.1, 0.15) is 38.8 Å². The standard InChI is InChI=1S/C21H35N3O2.C2H4O2/c1-6-18-8-7-9-19(16-18)17-22(5)10-11-23-12-14-24(15-13-23)20(25)26-21(2,3)4;1-4-2-3/h7-9,16H,6,10-15,17H2,1-5H3;2H,1H3. The molecule has 30 heavy (non-hydrogen) atoms. The molecule has 0 spiro atoms. The number of benzene rings is 1. The topological polar surface area (TPSA) is 62.3 Å². The Bertz CT molecular complexity index is 638. The van der Waals surface area contributed by atoms with Gasteiger partial charge in [0, 0.05) is 45.8 Å². The van der Waals surface area contributed by atoms with Crippen LogP contribution in [0.3, 0.4) is 0 Å². The summed E-state index contributed by atoms with van der Waals surface area (Å²) in [6.07, 6.45) is 0.893. The first kappa shape index (κ1) is 25.9. The fraction of sp³-hybridized carbons (Fsp3) is 0.652. The highest BCUT2D eigenvalue weighted by Crippen LogP contribution is 2.12. The lowest BCUT2D eigenvalue weighted by Crippen LogP contribution is -2.51. The Kier molecular flexibility index (Phi) is 11.4. The molecule has 0 saturated carbocycles. The number of nitrogens with zero attached hydrogens (tertiary/aromatic N) is 3. The molecule has 1 fully saturated rings. The number of aryl methyl sites for hydroxylation is 1. The minimum Gasteiger partial charge on any atom is -0.471 e. The van der Waals surface area contributed by atoms with Crippen LogP contribution in [0.2, 0.25) is 0 Å². The SMILES string of the molecule is CCc1cccc(CN(C)CCN2CCN(C(=O)OC(C)(C)C)CC2)c1.COC=O. The molecule has 170 valence electrons. The number of carbonyl (C=O) groups is 2. The number of likely N-dealkylation sites (N-methyl/N-ethyl adjacent to an activating group) is 1. The van der Waals surface area contributed by atoms with Crippen molar-refractivity contribution >= 4 is 12.6 Å². The number of ether oxygens (including phenoxy) is 2. The molecule has 0 aliphatic carbocycles. The molecular formula is C23H39N3O4. The van der Waals surface area contributed by atoms with Gasteiger partial charge in [-0.25, -0.2) is 4.79 Å². The van der Waals surface area contributed by atoms with Gasteiger partial charge in [0.15, 0.2) is 0 Å². The van der Waals surface area contributed by atoms with Crippen molar-refractivity contribution in [3.8, 4) is 0 Å². The predicted octanol–water partition coefficient (Wildman–Crippen LogP) is 3.02. The lowest BCUT2D eigenvalue weighted by molar-refractivity contribution is -0.126. The van der Waals surface area contributed by atoms with Gasteiger partial charge in [0.05, 0.1) is 7.11 Å². The minimum atomic E-state index is -0.425. The van der Waals surface area contributed by atoms with Crippen molar-refractivity contribution in [1.82, 2.24) is 14.7 Å². The Balaban J connectivity index is 0.00000103. The Morgan fingerprint density at radius 3 is 2.30 bits per heavy atom. The molecule has 1 heterocycles. The molecular weight excluding hydrogens is 382 g/mol. The van der Waals surface area contributed by atoms with Crippen molar-refractivity contribution in [2.24, 2.45) is 0 Å². The molecule has 1 aliphatic rings. The number of piperazine rings is 1. The van der Waals surface area contributed by atoms with E-state index in [0.717, 1.165) is 52.2 Å². The summed E-state index contributed by atoms with van der Waals surface area (Å²) >= 11 is 0. The van der Waals surface area contributed by atoms with E-state index in [9.17, 15) is 4.79 Å². The van der Waals surface area contributed by atoms with E-state index in [2.05, 4.69) is 52.8 Å². The molecule has 0 bridgehead atoms. The monoisotopic (exact) mass is 421 g/mol. The molecule has 0 unspecified atom stereocenters. The summed E-state index contributed by atoms with van der Waals surface area (Å²) in [5.41, 5.74) is 2.35. The van der Waals surface area contributed by atoms with Gasteiger partial charge in [-0.15, -0.1) is 0 Å². The number of hydrogen-bond donors (Lipinski definition) is 0. The van der Waals surface area contributed by atoms with Crippen molar-refractivity contribution < 1.29 is 19.1 Å². The Morgan fingerprint density at radius 1 is 1.17 bits per heavy atom. The van der Waals surface area contributed by atoms with E-state index in [0.29, 0.717) is 6.47 Å². The van der Waals surface area contributed by atoms with Crippen LogP contribution in [0.4, 0.5) is 4.79 Å². The van der Waals surface area contributed by atoms with Crippen molar-refractivity contribution in [2.45, 2.75) is 46.3 Å². The van der Waals surface area contributed by atoms with Gasteiger partial charge in [0.25, 0.3) is 6.47 Å². The second kappa shape index (κ2) is 13.2. The number of rotatable bonds is 7. The third-order valence-corrected chi connectivity index (χ3v) is 4.77. The molecule has 1 aromatic rings. The normalized spacial score (nSPS) is 14.7. The second-order valence-corrected chi connectivity index (χ2v) is 8.55. The summed E-state index contributed by atoms with van der Waals surface area (Å²) in [6.45, 7) is 14.7. The van der Waals surface area contributed by atoms with E-state index in [1.54, 1.807) is 0 Å². The highest BCUT2D eigenvalue weighted by atomic mass is 16.6. The zero-order chi connectivity index (χ0) is 22.6. The average Bonchev–Trinajstić information content (AvgIpc) is 2.71. The number of methoxy groups -OCH3 is 1. The molecule has 0 aromatic heterocycles. The van der Waals surface area contributed by atoms with Crippen molar-refractivity contribution in [1.29, 1.82) is 0 Å². The minimum absolute atomic E-state index is 0.190. The van der Waals surface area contributed by atoms with Crippen LogP contribution in [0.25, 0.3) is 0 Å². The van der Waals surface area contributed by atoms with Crippen LogP contribution < -0.4 is 0 Å². The molecule has 0 N–H and O–H groups in total. The summed E-state index contributed by atoms with van der Waals surface area (Å²) in [4.78, 5) is 27.7. The summed E-state index contributed by atoms with van der Waals surface area (Å²) in [5.74, 6) is 0. The highest BCUT2D eigenvalue weighted by molar-refractivity contribution is 5.68. The summed E-state index contributed by atoms with van der Waals surface area (Å²) in [5, 5.41) is 0. The van der Waals surface area contributed by atoms with Gasteiger partial charge < -0.3 is 19.3 Å². The zero-order valence-electron chi connectivity index (χ0n) is 19.5. The molecule has 0 radical (unpaired) electrons. The Morgan fingerprint density at radius 2 is 1.77 bits per heavy atom. The van der Waals surface area contributed by atoms with E-state index in [1.165, 1.54) is 18.2 Å². The fourth-order valence-corrected chi connectivity index (χ4v) is 3.13. The fourth-order valence-electron chi connectivity index (χ4n) is 3.13. The Labute approximate surface area is 181 Å². The molecule has 7 heteroatoms. The quantitative estimate of drug-likeness (QED) is 0.631. The highest BCUT2D eigenvalue weighted by Gasteiger charge is 2.25. The third kappa shape index (κ3) is 10.6. The smallest absolute Gasteiger partial charge is 0.410 e. The average molecular weight is 422 g/mol. The Hall–Kier alpha value is -2.12. The number of carbonyl (C=O) groups excluding carboxylic acids is 2. The van der Waals surface area contributed by atoms with E-state index in [1.807, 2.05) is 25.7 Å². The lowest BCUT2D eigenvalue weighted by atomic mass is 10.1. The number of hydrogen-bond acceptors (Lipinski definition) is 6. The van der Waals surface area contributed by atoms with Gasteiger partial charge in [0.2, 0.25) is 0 Å². The van der Waals surface area contributed by atoms with Crippen LogP contribution in [-0.4, -0.2) is 86.3 Å². The predicted molar refractivity (Wildman–Crippen MR) is 119 cm³/mol. The maximum absolute atomic E-state index is 12.1. The zero-order valence-corrected chi connectivity index (χ0v) is 19.5. The third-order valence-electron chi connectivity index (χ3n) is 4.77. The van der Waals surface area contributed by atoms with Crippen LogP contribution in [0, 0.1) is 0 Å². The lowest BCUT2D eigenvalue weighted by Gasteiger charge is -2.36. The van der Waals surface area contributed by atoms with Gasteiger partial charge in [-0.2, -0.15) is 0 Å². The van der Waals surface area contributed by atoms with Gasteiger partial charge in [-0.3, -0.25) is 9.69 Å². The maximum atomic E-state index is 12.1. The summed E-state index contributed by atoms with van der Waals surface area (Å²) in [6, 6.07) is 8.84. The largest absolute Gasteiger partial charge is 0.471 e. The first-order chi connectivity index (χ1) is 14.2. The van der Waals surface area contributed by atoms with E-state index >= 15 is 0 Å². The van der Waals surface area contributed by atoms with E-state index in [4.69, 9.17) is 9.53 Å². The van der Waals surface area contributed by atoms with E-state index in [-0.39, 0.29) is 6.09 Å². The van der Waals surface area contributed by atoms with Gasteiger partial charge in [-0.05, 0) is 45.4 Å². The maximum Gasteiger partial charge on any atom is 0.410 e. The summed E-state index contributed by atoms with van der Waals surface area (Å²) < 4.78 is 9.32. The van der Waals surface area contributed by atoms with Gasteiger partial charge in [-0.1, -0.05) is 31.2 Å². The van der Waals surface area contributed by atoms with Gasteiger partial charge >= 0.3 is 6.09 Å². The molecule has 7 nitrogen and oxygen atoms in total. The van der Waals surface area contributed by atoms with Crippen LogP contribution in [0.15, 0.2) is 24.3 Å². The van der Waals surface area contributed by atoms with Crippen molar-refractivity contribution in [3.63, 3.8) is 0 Å². The van der Waals surface area contributed by atoms with Crippen LogP contribution >= 0.6 is 0 Å². The van der Waals surface area contributed by atoms with Crippen molar-refractivity contribution in [2.75, 3.05) is 53.4 Å². The van der Waals surface area contributed by atoms with Gasteiger partial charge in [0.1, 0.15) is 5.60 Å². The van der Waals surface area contributed by atoms with Crippen LogP contribution in [0.5, 0.6) is 0 Å². The first-order valence-corrected chi connectivity index (χ1v) is 10.6. The summed E-state index contributed by atoms with van der Waals surface area (Å²) in [7, 11) is 3.49. The molecule has 1 aliphatic heterocycles. The number of amides is 1. The molecule has 1 amide bonds. The molecule has 0 atom stereocenters. The van der Waals surface area contributed by atoms with Crippen LogP contribution in [-0.2, 0) is 27.2 Å². The second-order valence-electron chi connectivity index (χ2n) is 8.55. The first-order valence-electron chi connectivity index (χ1n) is 10.6. The van der Waals surface area contributed by atoms with E-state index < -0.39 is 5.60 Å². The van der Waals surface area contributed by atoms with Crippen molar-refractivity contribution in [3.05, 3.63) is 35.4 Å². The molecule has 1 aromatic carbocycles.